The average molecular weight is 186 g/mol. The van der Waals surface area contributed by atoms with Crippen LogP contribution in [0.5, 0.6) is 0 Å². The van der Waals surface area contributed by atoms with Crippen molar-refractivity contribution < 1.29 is 0 Å². The fourth-order valence-electron chi connectivity index (χ4n) is 1.75. The van der Waals surface area contributed by atoms with Crippen molar-refractivity contribution in [1.82, 2.24) is 4.90 Å². The molecule has 0 aromatic rings. The highest BCUT2D eigenvalue weighted by atomic mass is 15.1. The van der Waals surface area contributed by atoms with Crippen LogP contribution < -0.4 is 5.73 Å². The third kappa shape index (κ3) is 3.65. The van der Waals surface area contributed by atoms with Gasteiger partial charge in [0.1, 0.15) is 0 Å². The van der Waals surface area contributed by atoms with Gasteiger partial charge in [-0.25, -0.2) is 0 Å². The highest BCUT2D eigenvalue weighted by Crippen LogP contribution is 2.25. The monoisotopic (exact) mass is 186 g/mol. The average Bonchev–Trinajstić information content (AvgIpc) is 2.21. The topological polar surface area (TPSA) is 29.3 Å². The van der Waals surface area contributed by atoms with Crippen molar-refractivity contribution in [3.05, 3.63) is 0 Å². The van der Waals surface area contributed by atoms with E-state index in [9.17, 15) is 0 Å². The molecule has 0 saturated carbocycles. The van der Waals surface area contributed by atoms with E-state index in [-0.39, 0.29) is 0 Å². The second kappa shape index (κ2) is 6.39. The zero-order valence-electron chi connectivity index (χ0n) is 9.77. The van der Waals surface area contributed by atoms with Gasteiger partial charge in [-0.3, -0.25) is 0 Å². The highest BCUT2D eigenvalue weighted by molar-refractivity contribution is 4.80. The summed E-state index contributed by atoms with van der Waals surface area (Å²) in [6.45, 7) is 13.2. The summed E-state index contributed by atoms with van der Waals surface area (Å²) in [4.78, 5) is 2.47. The number of nitrogens with two attached hydrogens (primary N) is 1. The summed E-state index contributed by atoms with van der Waals surface area (Å²) in [5.74, 6) is 0. The molecule has 2 nitrogen and oxygen atoms in total. The van der Waals surface area contributed by atoms with Gasteiger partial charge in [0.05, 0.1) is 0 Å². The third-order valence-electron chi connectivity index (χ3n) is 3.39. The van der Waals surface area contributed by atoms with Crippen molar-refractivity contribution in [2.45, 2.75) is 40.5 Å². The minimum atomic E-state index is 0.353. The number of rotatable bonds is 7. The molecule has 0 bridgehead atoms. The van der Waals surface area contributed by atoms with E-state index in [1.165, 1.54) is 12.8 Å². The SMILES string of the molecule is CCN(CC)CC(CC)(CC)CN. The maximum atomic E-state index is 5.86. The van der Waals surface area contributed by atoms with Crippen molar-refractivity contribution >= 4 is 0 Å². The molecule has 0 rings (SSSR count). The van der Waals surface area contributed by atoms with Crippen molar-refractivity contribution in [3.63, 3.8) is 0 Å². The van der Waals surface area contributed by atoms with E-state index >= 15 is 0 Å². The van der Waals surface area contributed by atoms with Gasteiger partial charge in [-0.1, -0.05) is 27.7 Å². The largest absolute Gasteiger partial charge is 0.330 e. The van der Waals surface area contributed by atoms with E-state index in [4.69, 9.17) is 5.73 Å². The molecular formula is C11H26N2. The van der Waals surface area contributed by atoms with Crippen molar-refractivity contribution in [3.8, 4) is 0 Å². The maximum Gasteiger partial charge on any atom is 0.00496 e. The molecule has 2 heteroatoms. The molecule has 0 aromatic heterocycles. The van der Waals surface area contributed by atoms with Gasteiger partial charge in [-0.15, -0.1) is 0 Å². The Morgan fingerprint density at radius 1 is 1.00 bits per heavy atom. The second-order valence-electron chi connectivity index (χ2n) is 3.87. The molecule has 0 atom stereocenters. The normalized spacial score (nSPS) is 12.5. The predicted octanol–water partition coefficient (Wildman–Crippen LogP) is 2.09. The Morgan fingerprint density at radius 3 is 1.69 bits per heavy atom. The zero-order chi connectivity index (χ0) is 10.3. The smallest absolute Gasteiger partial charge is 0.00496 e. The van der Waals surface area contributed by atoms with Crippen LogP contribution in [0.2, 0.25) is 0 Å². The maximum absolute atomic E-state index is 5.86. The number of hydrogen-bond acceptors (Lipinski definition) is 2. The first-order chi connectivity index (χ1) is 6.17. The molecule has 0 aliphatic carbocycles. The molecule has 0 unspecified atom stereocenters. The van der Waals surface area contributed by atoms with Crippen molar-refractivity contribution in [2.24, 2.45) is 11.1 Å². The summed E-state index contributed by atoms with van der Waals surface area (Å²) in [5, 5.41) is 0. The van der Waals surface area contributed by atoms with Crippen LogP contribution in [0.4, 0.5) is 0 Å². The molecule has 0 aromatic carbocycles. The van der Waals surface area contributed by atoms with Gasteiger partial charge in [-0.2, -0.15) is 0 Å². The van der Waals surface area contributed by atoms with Gasteiger partial charge in [0.25, 0.3) is 0 Å². The molecule has 0 radical (unpaired) electrons. The molecule has 0 spiro atoms. The summed E-state index contributed by atoms with van der Waals surface area (Å²) in [6.07, 6.45) is 2.38. The van der Waals surface area contributed by atoms with Crippen LogP contribution in [-0.2, 0) is 0 Å². The van der Waals surface area contributed by atoms with Gasteiger partial charge >= 0.3 is 0 Å². The summed E-state index contributed by atoms with van der Waals surface area (Å²) >= 11 is 0. The van der Waals surface area contributed by atoms with E-state index in [0.29, 0.717) is 5.41 Å². The lowest BCUT2D eigenvalue weighted by Gasteiger charge is -2.35. The van der Waals surface area contributed by atoms with Crippen molar-refractivity contribution in [2.75, 3.05) is 26.2 Å². The van der Waals surface area contributed by atoms with E-state index < -0.39 is 0 Å². The van der Waals surface area contributed by atoms with Crippen LogP contribution >= 0.6 is 0 Å². The number of hydrogen-bond donors (Lipinski definition) is 1. The van der Waals surface area contributed by atoms with Crippen LogP contribution in [0.3, 0.4) is 0 Å². The predicted molar refractivity (Wildman–Crippen MR) is 59.9 cm³/mol. The van der Waals surface area contributed by atoms with Gasteiger partial charge in [0.15, 0.2) is 0 Å². The second-order valence-corrected chi connectivity index (χ2v) is 3.87. The first-order valence-corrected chi connectivity index (χ1v) is 5.60. The minimum absolute atomic E-state index is 0.353. The highest BCUT2D eigenvalue weighted by Gasteiger charge is 2.25. The van der Waals surface area contributed by atoms with Crippen LogP contribution in [0.1, 0.15) is 40.5 Å². The molecule has 0 amide bonds. The van der Waals surface area contributed by atoms with Gasteiger partial charge < -0.3 is 10.6 Å². The lowest BCUT2D eigenvalue weighted by atomic mass is 9.82. The fourth-order valence-corrected chi connectivity index (χ4v) is 1.75. The van der Waals surface area contributed by atoms with E-state index in [2.05, 4.69) is 32.6 Å². The quantitative estimate of drug-likeness (QED) is 0.659. The molecule has 80 valence electrons. The molecule has 2 N–H and O–H groups in total. The van der Waals surface area contributed by atoms with Crippen LogP contribution in [0.15, 0.2) is 0 Å². The molecule has 0 aliphatic heterocycles. The standard InChI is InChI=1S/C11H26N2/c1-5-11(6-2,9-12)10-13(7-3)8-4/h5-10,12H2,1-4H3. The summed E-state index contributed by atoms with van der Waals surface area (Å²) < 4.78 is 0. The lowest BCUT2D eigenvalue weighted by Crippen LogP contribution is -2.41. The zero-order valence-corrected chi connectivity index (χ0v) is 9.77. The Morgan fingerprint density at radius 2 is 1.46 bits per heavy atom. The Balaban J connectivity index is 4.21. The Labute approximate surface area is 83.5 Å². The number of nitrogens with zero attached hydrogens (tertiary/aromatic N) is 1. The van der Waals surface area contributed by atoms with Gasteiger partial charge in [0, 0.05) is 6.54 Å². The van der Waals surface area contributed by atoms with E-state index in [1.807, 2.05) is 0 Å². The first kappa shape index (κ1) is 12.9. The van der Waals surface area contributed by atoms with Crippen molar-refractivity contribution in [1.29, 1.82) is 0 Å². The summed E-state index contributed by atoms with van der Waals surface area (Å²) in [7, 11) is 0. The molecular weight excluding hydrogens is 160 g/mol. The third-order valence-corrected chi connectivity index (χ3v) is 3.39. The molecule has 0 aliphatic rings. The minimum Gasteiger partial charge on any atom is -0.330 e. The molecule has 0 heterocycles. The molecule has 13 heavy (non-hydrogen) atoms. The van der Waals surface area contributed by atoms with E-state index in [1.54, 1.807) is 0 Å². The lowest BCUT2D eigenvalue weighted by molar-refractivity contribution is 0.154. The molecule has 0 fully saturated rings. The molecule has 0 saturated heterocycles. The summed E-state index contributed by atoms with van der Waals surface area (Å²) in [6, 6.07) is 0. The van der Waals surface area contributed by atoms with Crippen LogP contribution in [0, 0.1) is 5.41 Å². The van der Waals surface area contributed by atoms with Crippen LogP contribution in [0.25, 0.3) is 0 Å². The van der Waals surface area contributed by atoms with Gasteiger partial charge in [0.2, 0.25) is 0 Å². The fraction of sp³-hybridized carbons (Fsp3) is 1.00. The Hall–Kier alpha value is -0.0800. The Kier molecular flexibility index (Phi) is 6.35. The van der Waals surface area contributed by atoms with E-state index in [0.717, 1.165) is 26.2 Å². The summed E-state index contributed by atoms with van der Waals surface area (Å²) in [5.41, 5.74) is 6.21. The van der Waals surface area contributed by atoms with Crippen LogP contribution in [-0.4, -0.2) is 31.1 Å². The van der Waals surface area contributed by atoms with Gasteiger partial charge in [-0.05, 0) is 37.9 Å². The first-order valence-electron chi connectivity index (χ1n) is 5.60. The Bertz CT molecular complexity index is 107.